The van der Waals surface area contributed by atoms with Crippen molar-refractivity contribution in [3.63, 3.8) is 0 Å². The molecule has 5 aromatic rings. The lowest BCUT2D eigenvalue weighted by atomic mass is 9.93. The van der Waals surface area contributed by atoms with Crippen molar-refractivity contribution < 1.29 is 14.4 Å². The van der Waals surface area contributed by atoms with Gasteiger partial charge in [0, 0.05) is 37.6 Å². The molecule has 3 heterocycles. The van der Waals surface area contributed by atoms with Crippen molar-refractivity contribution in [1.29, 1.82) is 0 Å². The molecule has 1 N–H and O–H groups in total. The molecule has 3 aromatic carbocycles. The molecule has 1 amide bonds. The largest absolute Gasteiger partial charge is 0.352 e. The molecule has 0 radical (unpaired) electrons. The molecule has 2 aromatic heterocycles. The van der Waals surface area contributed by atoms with Crippen molar-refractivity contribution in [2.45, 2.75) is 46.1 Å². The summed E-state index contributed by atoms with van der Waals surface area (Å²) in [6.45, 7) is 4.83. The van der Waals surface area contributed by atoms with Gasteiger partial charge in [0.2, 0.25) is 0 Å². The topological polar surface area (TPSA) is 92.3 Å². The Bertz CT molecular complexity index is 1830. The third-order valence-corrected chi connectivity index (χ3v) is 8.89. The highest BCUT2D eigenvalue weighted by Crippen LogP contribution is 2.32. The van der Waals surface area contributed by atoms with Gasteiger partial charge in [0.1, 0.15) is 17.8 Å². The number of nitrogens with one attached hydrogen (secondary N) is 1. The number of Topliss-reactive ketones (excluding diaryl/α,β-unsaturated/α-hetero) is 1. The number of carbonyl (C=O) groups is 3. The van der Waals surface area contributed by atoms with Gasteiger partial charge in [0.05, 0.1) is 10.2 Å². The smallest absolute Gasteiger partial charge is 0.257 e. The number of hydrogen-bond donors (Lipinski definition) is 1. The van der Waals surface area contributed by atoms with E-state index >= 15 is 0 Å². The molecule has 0 unspecified atom stereocenters. The van der Waals surface area contributed by atoms with Gasteiger partial charge in [-0.05, 0) is 84.3 Å². The number of hydrogen-bond acceptors (Lipinski definition) is 7. The Morgan fingerprint density at radius 1 is 1.00 bits per heavy atom. The molecule has 0 fully saturated rings. The normalized spacial score (nSPS) is 12.7. The summed E-state index contributed by atoms with van der Waals surface area (Å²) in [4.78, 5) is 48.5. The van der Waals surface area contributed by atoms with Crippen LogP contribution in [0.3, 0.4) is 0 Å². The highest BCUT2D eigenvalue weighted by Gasteiger charge is 2.25. The minimum absolute atomic E-state index is 0.0976. The predicted octanol–water partition coefficient (Wildman–Crippen LogP) is 7.21. The fraction of sp³-hybridized carbons (Fsp3) is 0.229. The van der Waals surface area contributed by atoms with Crippen LogP contribution < -0.4 is 10.2 Å². The maximum Gasteiger partial charge on any atom is 0.257 e. The quantitative estimate of drug-likeness (QED) is 0.111. The van der Waals surface area contributed by atoms with E-state index in [4.69, 9.17) is 4.98 Å². The summed E-state index contributed by atoms with van der Waals surface area (Å²) < 4.78 is 1.02. The number of unbranched alkanes of at least 4 members (excludes halogenated alkanes) is 1. The standard InChI is InChI=1S/C35H32N4O3S/c1-22-20-24(8-5-6-19-40)13-14-26(22)27-15-16-32(37-33(27)23(2)41)39-18-17-25-9-7-10-28(29(25)21-39)34(42)38-35-36-30-11-3-4-12-31(30)43-35/h3-4,7,9-16,19-20H,5-6,8,17-18,21H2,1-2H3,(H,36,38,42). The molecule has 0 aliphatic carbocycles. The molecule has 0 saturated heterocycles. The minimum atomic E-state index is -0.185. The number of amides is 1. The van der Waals surface area contributed by atoms with Crippen LogP contribution in [-0.4, -0.2) is 34.5 Å². The number of aryl methyl sites for hydroxylation is 2. The van der Waals surface area contributed by atoms with Crippen molar-refractivity contribution in [1.82, 2.24) is 9.97 Å². The number of ketones is 1. The van der Waals surface area contributed by atoms with Crippen LogP contribution in [0.25, 0.3) is 21.3 Å². The van der Waals surface area contributed by atoms with Crippen molar-refractivity contribution in [3.8, 4) is 11.1 Å². The maximum atomic E-state index is 13.4. The minimum Gasteiger partial charge on any atom is -0.352 e. The second kappa shape index (κ2) is 12.3. The fourth-order valence-corrected chi connectivity index (χ4v) is 6.62. The number of aldehydes is 1. The zero-order valence-corrected chi connectivity index (χ0v) is 25.0. The summed E-state index contributed by atoms with van der Waals surface area (Å²) in [5.41, 5.74) is 8.03. The van der Waals surface area contributed by atoms with Crippen LogP contribution in [0.4, 0.5) is 10.9 Å². The van der Waals surface area contributed by atoms with E-state index in [1.165, 1.54) is 16.9 Å². The zero-order valence-electron chi connectivity index (χ0n) is 24.2. The number of fused-ring (bicyclic) bond motifs is 2. The predicted molar refractivity (Wildman–Crippen MR) is 172 cm³/mol. The first-order valence-electron chi connectivity index (χ1n) is 14.5. The average Bonchev–Trinajstić information content (AvgIpc) is 3.43. The first-order chi connectivity index (χ1) is 20.9. The fourth-order valence-electron chi connectivity index (χ4n) is 5.76. The molecule has 8 heteroatoms. The SMILES string of the molecule is CC(=O)c1nc(N2CCc3cccc(C(=O)Nc4nc5ccccc5s4)c3C2)ccc1-c1ccc(CCCC=O)cc1C. The van der Waals surface area contributed by atoms with E-state index < -0.39 is 0 Å². The molecule has 1 aliphatic heterocycles. The monoisotopic (exact) mass is 588 g/mol. The highest BCUT2D eigenvalue weighted by atomic mass is 32.1. The molecule has 0 atom stereocenters. The van der Waals surface area contributed by atoms with Gasteiger partial charge in [-0.25, -0.2) is 9.97 Å². The molecule has 216 valence electrons. The van der Waals surface area contributed by atoms with Gasteiger partial charge in [0.15, 0.2) is 10.9 Å². The molecule has 43 heavy (non-hydrogen) atoms. The van der Waals surface area contributed by atoms with E-state index in [1.807, 2.05) is 61.5 Å². The van der Waals surface area contributed by atoms with Gasteiger partial charge in [-0.2, -0.15) is 0 Å². The van der Waals surface area contributed by atoms with Crippen molar-refractivity contribution in [2.75, 3.05) is 16.8 Å². The lowest BCUT2D eigenvalue weighted by molar-refractivity contribution is -0.107. The second-order valence-electron chi connectivity index (χ2n) is 10.9. The Morgan fingerprint density at radius 2 is 1.84 bits per heavy atom. The second-order valence-corrected chi connectivity index (χ2v) is 11.9. The summed E-state index contributed by atoms with van der Waals surface area (Å²) in [6, 6.07) is 23.9. The third-order valence-electron chi connectivity index (χ3n) is 7.94. The summed E-state index contributed by atoms with van der Waals surface area (Å²) in [7, 11) is 0. The molecule has 0 bridgehead atoms. The Labute approximate surface area is 254 Å². The van der Waals surface area contributed by atoms with E-state index in [2.05, 4.69) is 33.4 Å². The first kappa shape index (κ1) is 28.4. The Kier molecular flexibility index (Phi) is 8.11. The van der Waals surface area contributed by atoms with E-state index in [1.54, 1.807) is 6.92 Å². The molecule has 7 nitrogen and oxygen atoms in total. The molecule has 1 aliphatic rings. The summed E-state index contributed by atoms with van der Waals surface area (Å²) in [5, 5.41) is 3.57. The maximum absolute atomic E-state index is 13.4. The van der Waals surface area contributed by atoms with Crippen molar-refractivity contribution >= 4 is 50.5 Å². The van der Waals surface area contributed by atoms with Crippen LogP contribution in [-0.2, 0) is 24.2 Å². The van der Waals surface area contributed by atoms with Gasteiger partial charge in [0.25, 0.3) is 5.91 Å². The lowest BCUT2D eigenvalue weighted by Crippen LogP contribution is -2.33. The van der Waals surface area contributed by atoms with E-state index in [9.17, 15) is 14.4 Å². The molecule has 0 spiro atoms. The summed E-state index contributed by atoms with van der Waals surface area (Å²) in [6.07, 6.45) is 3.93. The Morgan fingerprint density at radius 3 is 2.63 bits per heavy atom. The third kappa shape index (κ3) is 5.96. The van der Waals surface area contributed by atoms with Gasteiger partial charge in [-0.15, -0.1) is 0 Å². The zero-order chi connectivity index (χ0) is 29.9. The van der Waals surface area contributed by atoms with Crippen LogP contribution in [0.5, 0.6) is 0 Å². The van der Waals surface area contributed by atoms with E-state index in [0.29, 0.717) is 35.2 Å². The van der Waals surface area contributed by atoms with Gasteiger partial charge in [-0.3, -0.25) is 14.9 Å². The number of pyridine rings is 1. The van der Waals surface area contributed by atoms with E-state index in [-0.39, 0.29) is 11.7 Å². The van der Waals surface area contributed by atoms with Crippen LogP contribution >= 0.6 is 11.3 Å². The lowest BCUT2D eigenvalue weighted by Gasteiger charge is -2.31. The van der Waals surface area contributed by atoms with Gasteiger partial charge < -0.3 is 9.69 Å². The number of rotatable bonds is 9. The first-order valence-corrected chi connectivity index (χ1v) is 15.3. The highest BCUT2D eigenvalue weighted by molar-refractivity contribution is 7.22. The number of carbonyl (C=O) groups excluding carboxylic acids is 3. The number of thiazole rings is 1. The van der Waals surface area contributed by atoms with E-state index in [0.717, 1.165) is 70.1 Å². The molecule has 0 saturated carbocycles. The van der Waals surface area contributed by atoms with Gasteiger partial charge in [-0.1, -0.05) is 53.8 Å². The summed E-state index contributed by atoms with van der Waals surface area (Å²) >= 11 is 1.46. The van der Waals surface area contributed by atoms with Crippen LogP contribution in [0, 0.1) is 6.92 Å². The summed E-state index contributed by atoms with van der Waals surface area (Å²) in [5.74, 6) is 0.430. The van der Waals surface area contributed by atoms with Gasteiger partial charge >= 0.3 is 0 Å². The molecular formula is C35H32N4O3S. The number of nitrogens with zero attached hydrogens (tertiary/aromatic N) is 3. The Hall–Kier alpha value is -4.69. The van der Waals surface area contributed by atoms with Crippen LogP contribution in [0.2, 0.25) is 0 Å². The average molecular weight is 589 g/mol. The number of para-hydroxylation sites is 1. The van der Waals surface area contributed by atoms with Crippen molar-refractivity contribution in [3.05, 3.63) is 106 Å². The van der Waals surface area contributed by atoms with Crippen molar-refractivity contribution in [2.24, 2.45) is 0 Å². The van der Waals surface area contributed by atoms with Crippen LogP contribution in [0.15, 0.2) is 72.8 Å². The number of aromatic nitrogens is 2. The molecular weight excluding hydrogens is 556 g/mol. The van der Waals surface area contributed by atoms with Crippen LogP contribution in [0.1, 0.15) is 62.9 Å². The molecule has 6 rings (SSSR count). The number of anilines is 2. The number of benzene rings is 3. The Balaban J connectivity index is 1.25.